The van der Waals surface area contributed by atoms with Crippen LogP contribution in [0.1, 0.15) is 39.0 Å². The van der Waals surface area contributed by atoms with Crippen molar-refractivity contribution in [2.45, 2.75) is 39.8 Å². The van der Waals surface area contributed by atoms with Crippen LogP contribution >= 0.6 is 23.2 Å². The molecule has 174 valence electrons. The number of nitrogens with zero attached hydrogens (tertiary/aromatic N) is 3. The van der Waals surface area contributed by atoms with Crippen molar-refractivity contribution >= 4 is 35.1 Å². The van der Waals surface area contributed by atoms with Crippen molar-refractivity contribution < 1.29 is 23.8 Å². The summed E-state index contributed by atoms with van der Waals surface area (Å²) in [5, 5.41) is 0.190. The molecule has 0 N–H and O–H groups in total. The first kappa shape index (κ1) is 25.7. The Hall–Kier alpha value is -2.58. The van der Waals surface area contributed by atoms with Gasteiger partial charge in [-0.2, -0.15) is 0 Å². The van der Waals surface area contributed by atoms with Crippen LogP contribution in [0.3, 0.4) is 0 Å². The molecule has 1 aromatic carbocycles. The standard InChI is InChI=1S/C22H27Cl2N3O5/c1-7-32-21(29)13(2)20(28)27(12-14-8-9-15(30-5)10-16(14)31-6)22(3,4)18-19(24)26-17(23)11-25-18/h8-11,13H,7,12H2,1-6H3. The molecular weight excluding hydrogens is 457 g/mol. The molecular formula is C22H27Cl2N3O5. The van der Waals surface area contributed by atoms with E-state index in [4.69, 9.17) is 37.4 Å². The van der Waals surface area contributed by atoms with Crippen LogP contribution in [-0.4, -0.2) is 47.6 Å². The maximum atomic E-state index is 13.5. The fourth-order valence-corrected chi connectivity index (χ4v) is 3.74. The van der Waals surface area contributed by atoms with Crippen molar-refractivity contribution in [1.29, 1.82) is 0 Å². The molecule has 1 unspecified atom stereocenters. The second kappa shape index (κ2) is 10.8. The summed E-state index contributed by atoms with van der Waals surface area (Å²) >= 11 is 12.2. The lowest BCUT2D eigenvalue weighted by Gasteiger charge is -2.39. The number of carbonyl (C=O) groups is 2. The number of hydrogen-bond donors (Lipinski definition) is 0. The molecule has 0 spiro atoms. The highest BCUT2D eigenvalue weighted by Gasteiger charge is 2.40. The van der Waals surface area contributed by atoms with Gasteiger partial charge >= 0.3 is 5.97 Å². The summed E-state index contributed by atoms with van der Waals surface area (Å²) < 4.78 is 15.8. The van der Waals surface area contributed by atoms with Gasteiger partial charge in [-0.1, -0.05) is 23.2 Å². The zero-order valence-corrected chi connectivity index (χ0v) is 20.5. The van der Waals surface area contributed by atoms with E-state index in [1.165, 1.54) is 25.1 Å². The maximum absolute atomic E-state index is 13.5. The normalized spacial score (nSPS) is 12.1. The van der Waals surface area contributed by atoms with Gasteiger partial charge in [0.25, 0.3) is 0 Å². The van der Waals surface area contributed by atoms with Crippen LogP contribution in [-0.2, 0) is 26.4 Å². The Bertz CT molecular complexity index is 984. The molecule has 1 atom stereocenters. The number of carbonyl (C=O) groups excluding carboxylic acids is 2. The van der Waals surface area contributed by atoms with E-state index in [9.17, 15) is 9.59 Å². The molecule has 1 aromatic heterocycles. The van der Waals surface area contributed by atoms with Crippen LogP contribution in [0.15, 0.2) is 24.4 Å². The number of halogens is 2. The third kappa shape index (κ3) is 5.61. The lowest BCUT2D eigenvalue weighted by Crippen LogP contribution is -2.49. The van der Waals surface area contributed by atoms with Gasteiger partial charge in [-0.25, -0.2) is 4.98 Å². The predicted octanol–water partition coefficient (Wildman–Crippen LogP) is 4.26. The first-order valence-corrected chi connectivity index (χ1v) is 10.7. The summed E-state index contributed by atoms with van der Waals surface area (Å²) in [5.74, 6) is -0.991. The fourth-order valence-electron chi connectivity index (χ4n) is 3.19. The molecule has 0 saturated carbocycles. The smallest absolute Gasteiger partial charge is 0.318 e. The average Bonchev–Trinajstić information content (AvgIpc) is 2.76. The minimum atomic E-state index is -1.06. The summed E-state index contributed by atoms with van der Waals surface area (Å²) in [5.41, 5.74) is -0.0263. The minimum Gasteiger partial charge on any atom is -0.497 e. The monoisotopic (exact) mass is 483 g/mol. The zero-order chi connectivity index (χ0) is 24.1. The molecule has 0 aliphatic carbocycles. The quantitative estimate of drug-likeness (QED) is 0.388. The van der Waals surface area contributed by atoms with E-state index in [-0.39, 0.29) is 23.5 Å². The summed E-state index contributed by atoms with van der Waals surface area (Å²) in [6.45, 7) is 6.99. The van der Waals surface area contributed by atoms with Crippen molar-refractivity contribution in [3.05, 3.63) is 46.0 Å². The van der Waals surface area contributed by atoms with E-state index in [1.54, 1.807) is 46.1 Å². The van der Waals surface area contributed by atoms with Gasteiger partial charge in [0.05, 0.1) is 39.1 Å². The maximum Gasteiger partial charge on any atom is 0.318 e. The number of aromatic nitrogens is 2. The molecule has 1 heterocycles. The Morgan fingerprint density at radius 2 is 1.88 bits per heavy atom. The number of amides is 1. The second-order valence-electron chi connectivity index (χ2n) is 7.47. The molecule has 8 nitrogen and oxygen atoms in total. The van der Waals surface area contributed by atoms with Crippen molar-refractivity contribution in [2.75, 3.05) is 20.8 Å². The molecule has 0 radical (unpaired) electrons. The van der Waals surface area contributed by atoms with Gasteiger partial charge in [0.15, 0.2) is 5.15 Å². The third-order valence-corrected chi connectivity index (χ3v) is 5.50. The van der Waals surface area contributed by atoms with E-state index in [1.807, 2.05) is 0 Å². The molecule has 0 aliphatic rings. The highest BCUT2D eigenvalue weighted by atomic mass is 35.5. The Morgan fingerprint density at radius 3 is 2.44 bits per heavy atom. The minimum absolute atomic E-state index is 0.0609. The largest absolute Gasteiger partial charge is 0.497 e. The second-order valence-corrected chi connectivity index (χ2v) is 8.21. The fraction of sp³-hybridized carbons (Fsp3) is 0.455. The van der Waals surface area contributed by atoms with Gasteiger partial charge in [0, 0.05) is 11.6 Å². The molecule has 0 aliphatic heterocycles. The average molecular weight is 484 g/mol. The van der Waals surface area contributed by atoms with Crippen LogP contribution in [0.25, 0.3) is 0 Å². The number of ether oxygens (including phenoxy) is 3. The molecule has 0 saturated heterocycles. The van der Waals surface area contributed by atoms with E-state index < -0.39 is 23.3 Å². The number of esters is 1. The Labute approximate surface area is 197 Å². The van der Waals surface area contributed by atoms with Gasteiger partial charge in [0.1, 0.15) is 28.3 Å². The van der Waals surface area contributed by atoms with Crippen molar-refractivity contribution in [2.24, 2.45) is 5.92 Å². The highest BCUT2D eigenvalue weighted by Crippen LogP contribution is 2.35. The molecule has 10 heteroatoms. The summed E-state index contributed by atoms with van der Waals surface area (Å²) in [4.78, 5) is 35.7. The highest BCUT2D eigenvalue weighted by molar-refractivity contribution is 6.32. The van der Waals surface area contributed by atoms with Crippen LogP contribution in [0, 0.1) is 5.92 Å². The predicted molar refractivity (Wildman–Crippen MR) is 121 cm³/mol. The van der Waals surface area contributed by atoms with Crippen LogP contribution < -0.4 is 9.47 Å². The molecule has 32 heavy (non-hydrogen) atoms. The van der Waals surface area contributed by atoms with Crippen molar-refractivity contribution in [1.82, 2.24) is 14.9 Å². The number of rotatable bonds is 9. The Balaban J connectivity index is 2.56. The van der Waals surface area contributed by atoms with E-state index >= 15 is 0 Å². The third-order valence-electron chi connectivity index (χ3n) is 5.05. The molecule has 0 bridgehead atoms. The lowest BCUT2D eigenvalue weighted by molar-refractivity contribution is -0.157. The van der Waals surface area contributed by atoms with Gasteiger partial charge in [-0.05, 0) is 39.8 Å². The van der Waals surface area contributed by atoms with Gasteiger partial charge in [0.2, 0.25) is 5.91 Å². The van der Waals surface area contributed by atoms with Crippen LogP contribution in [0.5, 0.6) is 11.5 Å². The summed E-state index contributed by atoms with van der Waals surface area (Å²) in [6, 6.07) is 5.27. The summed E-state index contributed by atoms with van der Waals surface area (Å²) in [6.07, 6.45) is 1.36. The molecule has 1 amide bonds. The van der Waals surface area contributed by atoms with Gasteiger partial charge in [-0.3, -0.25) is 14.6 Å². The van der Waals surface area contributed by atoms with Gasteiger partial charge in [-0.15, -0.1) is 0 Å². The number of methoxy groups -OCH3 is 2. The Kier molecular flexibility index (Phi) is 8.69. The Morgan fingerprint density at radius 1 is 1.19 bits per heavy atom. The number of hydrogen-bond acceptors (Lipinski definition) is 7. The molecule has 0 fully saturated rings. The van der Waals surface area contributed by atoms with Crippen molar-refractivity contribution in [3.63, 3.8) is 0 Å². The zero-order valence-electron chi connectivity index (χ0n) is 18.9. The SMILES string of the molecule is CCOC(=O)C(C)C(=O)N(Cc1ccc(OC)cc1OC)C(C)(C)c1ncc(Cl)nc1Cl. The first-order chi connectivity index (χ1) is 15.1. The number of benzene rings is 1. The first-order valence-electron chi connectivity index (χ1n) is 9.94. The van der Waals surface area contributed by atoms with E-state index in [0.717, 1.165) is 0 Å². The lowest BCUT2D eigenvalue weighted by atomic mass is 9.94. The summed E-state index contributed by atoms with van der Waals surface area (Å²) in [7, 11) is 3.08. The van der Waals surface area contributed by atoms with Crippen LogP contribution in [0.4, 0.5) is 0 Å². The topological polar surface area (TPSA) is 90.9 Å². The van der Waals surface area contributed by atoms with E-state index in [2.05, 4.69) is 9.97 Å². The van der Waals surface area contributed by atoms with Crippen LogP contribution in [0.2, 0.25) is 10.3 Å². The van der Waals surface area contributed by atoms with Crippen molar-refractivity contribution in [3.8, 4) is 11.5 Å². The van der Waals surface area contributed by atoms with E-state index in [0.29, 0.717) is 22.8 Å². The van der Waals surface area contributed by atoms with Gasteiger partial charge < -0.3 is 19.1 Å². The molecule has 2 rings (SSSR count). The molecule has 2 aromatic rings.